The van der Waals surface area contributed by atoms with Crippen molar-refractivity contribution in [2.75, 3.05) is 11.9 Å². The number of carbonyl (C=O) groups is 1. The smallest absolute Gasteiger partial charge is 0.364 e. The summed E-state index contributed by atoms with van der Waals surface area (Å²) >= 11 is 0. The van der Waals surface area contributed by atoms with E-state index in [0.717, 1.165) is 17.7 Å². The first kappa shape index (κ1) is 30.1. The highest BCUT2D eigenvalue weighted by molar-refractivity contribution is 7.82. The van der Waals surface area contributed by atoms with Gasteiger partial charge in [0.05, 0.1) is 22.2 Å². The first-order valence-electron chi connectivity index (χ1n) is 13.3. The molecule has 0 bridgehead atoms. The van der Waals surface area contributed by atoms with Gasteiger partial charge in [0, 0.05) is 31.0 Å². The lowest BCUT2D eigenvalue weighted by Crippen LogP contribution is -2.43. The molecule has 1 aliphatic heterocycles. The Morgan fingerprint density at radius 2 is 1.74 bits per heavy atom. The van der Waals surface area contributed by atoms with E-state index in [4.69, 9.17) is 0 Å². The van der Waals surface area contributed by atoms with Crippen LogP contribution in [0.25, 0.3) is 11.3 Å². The molecule has 43 heavy (non-hydrogen) atoms. The van der Waals surface area contributed by atoms with Crippen LogP contribution in [0, 0.1) is 5.82 Å². The van der Waals surface area contributed by atoms with Gasteiger partial charge < -0.3 is 10.6 Å². The zero-order valence-corrected chi connectivity index (χ0v) is 23.7. The fourth-order valence-electron chi connectivity index (χ4n) is 4.57. The predicted octanol–water partition coefficient (Wildman–Crippen LogP) is 6.05. The third kappa shape index (κ3) is 7.33. The maximum atomic E-state index is 13.3. The molecule has 0 fully saturated rings. The van der Waals surface area contributed by atoms with Crippen molar-refractivity contribution in [3.05, 3.63) is 120 Å². The van der Waals surface area contributed by atoms with Gasteiger partial charge in [-0.15, -0.1) is 0 Å². The van der Waals surface area contributed by atoms with E-state index in [1.807, 2.05) is 19.1 Å². The highest BCUT2D eigenvalue weighted by Gasteiger charge is 2.32. The lowest BCUT2D eigenvalue weighted by Gasteiger charge is -2.22. The number of nitrogens with zero attached hydrogens (tertiary/aromatic N) is 3. The number of halogens is 4. The van der Waals surface area contributed by atoms with Crippen LogP contribution in [0.15, 0.2) is 102 Å². The molecule has 3 atom stereocenters. The third-order valence-electron chi connectivity index (χ3n) is 6.84. The maximum absolute atomic E-state index is 13.3. The number of aromatic nitrogens is 2. The lowest BCUT2D eigenvalue weighted by molar-refractivity contribution is -0.137. The third-order valence-corrected chi connectivity index (χ3v) is 8.32. The van der Waals surface area contributed by atoms with Gasteiger partial charge in [-0.3, -0.25) is 9.78 Å². The summed E-state index contributed by atoms with van der Waals surface area (Å²) in [6.45, 7) is 2.29. The first-order chi connectivity index (χ1) is 20.6. The Kier molecular flexibility index (Phi) is 8.97. The van der Waals surface area contributed by atoms with Gasteiger partial charge in [-0.05, 0) is 78.7 Å². The number of rotatable bonds is 9. The Morgan fingerprint density at radius 3 is 2.42 bits per heavy atom. The van der Waals surface area contributed by atoms with Crippen LogP contribution < -0.4 is 10.6 Å². The van der Waals surface area contributed by atoms with Crippen LogP contribution in [0.4, 0.5) is 23.4 Å². The predicted molar refractivity (Wildman–Crippen MR) is 155 cm³/mol. The minimum atomic E-state index is -4.46. The maximum Gasteiger partial charge on any atom is 0.416 e. The fourth-order valence-corrected chi connectivity index (χ4v) is 5.80. The van der Waals surface area contributed by atoms with Gasteiger partial charge in [-0.25, -0.2) is 17.9 Å². The van der Waals surface area contributed by atoms with Crippen molar-refractivity contribution in [1.82, 2.24) is 19.6 Å². The zero-order valence-electron chi connectivity index (χ0n) is 22.9. The number of anilines is 1. The summed E-state index contributed by atoms with van der Waals surface area (Å²) in [5.74, 6) is -0.380. The van der Waals surface area contributed by atoms with Gasteiger partial charge in [-0.2, -0.15) is 13.2 Å². The lowest BCUT2D eigenvalue weighted by atomic mass is 10.1. The molecule has 0 aliphatic carbocycles. The molecular weight excluding hydrogens is 582 g/mol. The highest BCUT2D eigenvalue weighted by atomic mass is 32.2. The van der Waals surface area contributed by atoms with E-state index in [1.165, 1.54) is 40.7 Å². The molecule has 2 N–H and O–H groups in total. The van der Waals surface area contributed by atoms with Crippen LogP contribution in [0.5, 0.6) is 0 Å². The van der Waals surface area contributed by atoms with E-state index in [0.29, 0.717) is 27.5 Å². The molecule has 222 valence electrons. The molecular formula is C31H27F4N5O2S. The largest absolute Gasteiger partial charge is 0.416 e. The number of carbonyl (C=O) groups excluding carboxylic acids is 1. The van der Waals surface area contributed by atoms with E-state index in [1.54, 1.807) is 36.7 Å². The summed E-state index contributed by atoms with van der Waals surface area (Å²) in [5.41, 5.74) is 1.73. The molecule has 2 aromatic heterocycles. The molecule has 0 saturated carbocycles. The van der Waals surface area contributed by atoms with Gasteiger partial charge in [-0.1, -0.05) is 24.3 Å². The standard InChI is InChI=1S/C31H27F4N5O2S/c1-20(22-12-14-36-15-13-22)38-29-18-21(17-27(39-29)23-4-6-24(7-5-23)31(33,34)35)19-37-30(41)28-3-2-16-40(28)43(42)26-10-8-25(32)9-11-26/h2-15,17-18,20,28H,16,19H2,1H3,(H,37,41)(H,38,39). The number of hydrogen-bond donors (Lipinski definition) is 2. The monoisotopic (exact) mass is 609 g/mol. The van der Waals surface area contributed by atoms with Crippen molar-refractivity contribution in [1.29, 1.82) is 0 Å². The summed E-state index contributed by atoms with van der Waals surface area (Å²) in [6, 6.07) is 16.2. The molecule has 1 aliphatic rings. The Labute approximate surface area is 248 Å². The quantitative estimate of drug-likeness (QED) is 0.178. The normalized spacial score (nSPS) is 16.5. The molecule has 7 nitrogen and oxygen atoms in total. The second-order valence-corrected chi connectivity index (χ2v) is 11.3. The van der Waals surface area contributed by atoms with Crippen LogP contribution in [0.3, 0.4) is 0 Å². The van der Waals surface area contributed by atoms with Gasteiger partial charge in [0.15, 0.2) is 0 Å². The summed E-state index contributed by atoms with van der Waals surface area (Å²) in [4.78, 5) is 22.2. The molecule has 1 amide bonds. The second kappa shape index (κ2) is 12.8. The van der Waals surface area contributed by atoms with Crippen molar-refractivity contribution >= 4 is 22.7 Å². The van der Waals surface area contributed by atoms with E-state index in [-0.39, 0.29) is 19.1 Å². The zero-order chi connectivity index (χ0) is 30.6. The first-order valence-corrected chi connectivity index (χ1v) is 14.4. The molecule has 5 rings (SSSR count). The van der Waals surface area contributed by atoms with Gasteiger partial charge in [0.25, 0.3) is 0 Å². The summed E-state index contributed by atoms with van der Waals surface area (Å²) in [6.07, 6.45) is 2.27. The van der Waals surface area contributed by atoms with Crippen LogP contribution in [-0.2, 0) is 28.5 Å². The molecule has 4 aromatic rings. The van der Waals surface area contributed by atoms with Crippen molar-refractivity contribution in [3.63, 3.8) is 0 Å². The van der Waals surface area contributed by atoms with Crippen LogP contribution in [-0.4, -0.2) is 37.0 Å². The van der Waals surface area contributed by atoms with Crippen LogP contribution in [0.1, 0.15) is 29.7 Å². The van der Waals surface area contributed by atoms with E-state index < -0.39 is 40.5 Å². The minimum absolute atomic E-state index is 0.0780. The van der Waals surface area contributed by atoms with E-state index in [2.05, 4.69) is 20.6 Å². The second-order valence-electron chi connectivity index (χ2n) is 9.86. The molecule has 3 heterocycles. The molecule has 12 heteroatoms. The Morgan fingerprint density at radius 1 is 1.05 bits per heavy atom. The molecule has 0 saturated heterocycles. The van der Waals surface area contributed by atoms with Crippen molar-refractivity contribution < 1.29 is 26.6 Å². The average molecular weight is 610 g/mol. The molecule has 2 aromatic carbocycles. The van der Waals surface area contributed by atoms with Gasteiger partial charge in [0.2, 0.25) is 5.91 Å². The van der Waals surface area contributed by atoms with Crippen molar-refractivity contribution in [2.45, 2.75) is 36.6 Å². The number of hydrogen-bond acceptors (Lipinski definition) is 5. The van der Waals surface area contributed by atoms with Gasteiger partial charge >= 0.3 is 6.18 Å². The Bertz CT molecular complexity index is 1630. The van der Waals surface area contributed by atoms with Crippen molar-refractivity contribution in [3.8, 4) is 11.3 Å². The Hall–Kier alpha value is -4.42. The molecule has 0 spiro atoms. The average Bonchev–Trinajstić information content (AvgIpc) is 3.50. The highest BCUT2D eigenvalue weighted by Crippen LogP contribution is 2.31. The number of pyridine rings is 2. The fraction of sp³-hybridized carbons (Fsp3) is 0.194. The number of benzene rings is 2. The Balaban J connectivity index is 1.36. The number of nitrogens with one attached hydrogen (secondary N) is 2. The van der Waals surface area contributed by atoms with E-state index in [9.17, 15) is 26.6 Å². The molecule has 0 radical (unpaired) electrons. The summed E-state index contributed by atoms with van der Waals surface area (Å²) in [7, 11) is -1.69. The van der Waals surface area contributed by atoms with E-state index >= 15 is 0 Å². The van der Waals surface area contributed by atoms with Crippen molar-refractivity contribution in [2.24, 2.45) is 0 Å². The SMILES string of the molecule is CC(Nc1cc(CNC(=O)C2C=CCN2S(=O)c2ccc(F)cc2)cc(-c2ccc(C(F)(F)F)cc2)n1)c1ccncc1. The minimum Gasteiger partial charge on any atom is -0.364 e. The van der Waals surface area contributed by atoms with Crippen LogP contribution >= 0.6 is 0 Å². The topological polar surface area (TPSA) is 87.2 Å². The molecule has 3 unspecified atom stereocenters. The van der Waals surface area contributed by atoms with Gasteiger partial charge in [0.1, 0.15) is 28.7 Å². The number of amides is 1. The summed E-state index contributed by atoms with van der Waals surface area (Å²) < 4.78 is 67.3. The van der Waals surface area contributed by atoms with Crippen LogP contribution in [0.2, 0.25) is 0 Å². The summed E-state index contributed by atoms with van der Waals surface area (Å²) in [5, 5.41) is 6.18. The number of alkyl halides is 3.